The largest absolute Gasteiger partial charge is 0.468 e. The zero-order chi connectivity index (χ0) is 20.5. The molecular weight excluding hydrogens is 362 g/mol. The molecule has 1 aliphatic rings. The third kappa shape index (κ3) is 2.60. The molecule has 0 aliphatic carbocycles. The maximum Gasteiger partial charge on any atom is 0.321 e. The Kier molecular flexibility index (Phi) is 4.84. The second-order valence-corrected chi connectivity index (χ2v) is 6.22. The van der Waals surface area contributed by atoms with Gasteiger partial charge in [-0.25, -0.2) is 4.85 Å². The zero-order valence-electron chi connectivity index (χ0n) is 15.5. The Hall–Kier alpha value is -3.73. The number of rotatable bonds is 4. The normalized spacial score (nSPS) is 17.5. The van der Waals surface area contributed by atoms with Crippen molar-refractivity contribution in [3.05, 3.63) is 64.8 Å². The van der Waals surface area contributed by atoms with Crippen molar-refractivity contribution in [2.75, 3.05) is 19.5 Å². The Bertz CT molecular complexity index is 1010. The minimum absolute atomic E-state index is 0.259. The summed E-state index contributed by atoms with van der Waals surface area (Å²) in [4.78, 5) is 46.4. The van der Waals surface area contributed by atoms with E-state index in [0.717, 1.165) is 14.2 Å². The highest BCUT2D eigenvalue weighted by atomic mass is 16.5. The lowest BCUT2D eigenvalue weighted by Crippen LogP contribution is -2.51. The van der Waals surface area contributed by atoms with Crippen molar-refractivity contribution in [1.82, 2.24) is 4.98 Å². The molecule has 8 heteroatoms. The van der Waals surface area contributed by atoms with E-state index < -0.39 is 29.2 Å². The van der Waals surface area contributed by atoms with Crippen LogP contribution in [0.2, 0.25) is 0 Å². The summed E-state index contributed by atoms with van der Waals surface area (Å²) in [6.07, 6.45) is 1.54. The maximum absolute atomic E-state index is 13.4. The zero-order valence-corrected chi connectivity index (χ0v) is 15.5. The molecule has 8 nitrogen and oxygen atoms in total. The molecule has 0 saturated carbocycles. The van der Waals surface area contributed by atoms with E-state index in [1.165, 1.54) is 6.07 Å². The number of carbonyl (C=O) groups is 3. The summed E-state index contributed by atoms with van der Waals surface area (Å²) < 4.78 is 9.71. The summed E-state index contributed by atoms with van der Waals surface area (Å²) >= 11 is 0. The number of aromatic nitrogens is 1. The van der Waals surface area contributed by atoms with Gasteiger partial charge in [0, 0.05) is 17.6 Å². The van der Waals surface area contributed by atoms with Crippen molar-refractivity contribution in [2.24, 2.45) is 5.92 Å². The van der Waals surface area contributed by atoms with Gasteiger partial charge in [-0.15, -0.1) is 0 Å². The Morgan fingerprint density at radius 3 is 2.43 bits per heavy atom. The molecule has 2 heterocycles. The van der Waals surface area contributed by atoms with Gasteiger partial charge in [0.25, 0.3) is 0 Å². The lowest BCUT2D eigenvalue weighted by Gasteiger charge is -2.33. The predicted molar refractivity (Wildman–Crippen MR) is 98.6 cm³/mol. The molecule has 0 spiro atoms. The van der Waals surface area contributed by atoms with E-state index in [4.69, 9.17) is 16.0 Å². The van der Waals surface area contributed by atoms with Crippen LogP contribution in [0.5, 0.6) is 0 Å². The topological polar surface area (TPSA) is 98.9 Å². The van der Waals surface area contributed by atoms with E-state index in [9.17, 15) is 14.4 Å². The molecule has 1 amide bonds. The van der Waals surface area contributed by atoms with Crippen LogP contribution in [0.4, 0.5) is 11.4 Å². The number of aryl methyl sites for hydroxylation is 1. The lowest BCUT2D eigenvalue weighted by molar-refractivity contribution is -0.163. The predicted octanol–water partition coefficient (Wildman–Crippen LogP) is 2.14. The Balaban J connectivity index is 2.46. The fraction of sp³-hybridized carbons (Fsp3) is 0.250. The van der Waals surface area contributed by atoms with Crippen molar-refractivity contribution >= 4 is 29.2 Å². The van der Waals surface area contributed by atoms with Crippen molar-refractivity contribution in [2.45, 2.75) is 12.3 Å². The first-order chi connectivity index (χ1) is 13.4. The van der Waals surface area contributed by atoms with Crippen molar-refractivity contribution in [1.29, 1.82) is 0 Å². The fourth-order valence-electron chi connectivity index (χ4n) is 3.68. The number of pyridine rings is 1. The van der Waals surface area contributed by atoms with Crippen LogP contribution < -0.4 is 5.32 Å². The highest BCUT2D eigenvalue weighted by Gasteiger charge is 2.61. The van der Waals surface area contributed by atoms with Crippen LogP contribution in [0, 0.1) is 19.4 Å². The second-order valence-electron chi connectivity index (χ2n) is 6.22. The molecule has 1 aromatic carbocycles. The molecule has 0 bridgehead atoms. The summed E-state index contributed by atoms with van der Waals surface area (Å²) in [5, 5.41) is 2.72. The highest BCUT2D eigenvalue weighted by Crippen LogP contribution is 2.50. The number of carbonyl (C=O) groups excluding carboxylic acids is 3. The van der Waals surface area contributed by atoms with Crippen LogP contribution in [0.3, 0.4) is 0 Å². The lowest BCUT2D eigenvalue weighted by atomic mass is 9.65. The number of nitrogens with zero attached hydrogens (tertiary/aromatic N) is 2. The average molecular weight is 379 g/mol. The van der Waals surface area contributed by atoms with Crippen molar-refractivity contribution in [3.8, 4) is 0 Å². The average Bonchev–Trinajstić information content (AvgIpc) is 2.99. The van der Waals surface area contributed by atoms with E-state index >= 15 is 0 Å². The summed E-state index contributed by atoms with van der Waals surface area (Å²) in [5.74, 6) is -4.06. The van der Waals surface area contributed by atoms with Crippen LogP contribution in [-0.2, 0) is 29.3 Å². The summed E-state index contributed by atoms with van der Waals surface area (Å²) in [7, 11) is 2.26. The van der Waals surface area contributed by atoms with Gasteiger partial charge in [-0.1, -0.05) is 12.1 Å². The molecule has 1 N–H and O–H groups in total. The summed E-state index contributed by atoms with van der Waals surface area (Å²) in [6.45, 7) is 8.98. The fourth-order valence-corrected chi connectivity index (χ4v) is 3.68. The minimum atomic E-state index is -1.78. The number of hydrogen-bond donors (Lipinski definition) is 1. The number of fused-ring (bicyclic) bond motifs is 1. The highest BCUT2D eigenvalue weighted by molar-refractivity contribution is 6.16. The number of amides is 1. The summed E-state index contributed by atoms with van der Waals surface area (Å²) in [5.41, 5.74) is 0.0101. The molecule has 0 fully saturated rings. The first kappa shape index (κ1) is 19.0. The second kappa shape index (κ2) is 7.12. The summed E-state index contributed by atoms with van der Waals surface area (Å²) in [6, 6.07) is 7.84. The van der Waals surface area contributed by atoms with E-state index in [2.05, 4.69) is 15.1 Å². The molecule has 1 atom stereocenters. The van der Waals surface area contributed by atoms with Gasteiger partial charge >= 0.3 is 11.9 Å². The monoisotopic (exact) mass is 379 g/mol. The molecule has 0 radical (unpaired) electrons. The van der Waals surface area contributed by atoms with Gasteiger partial charge in [0.05, 0.1) is 20.8 Å². The Morgan fingerprint density at radius 2 is 1.86 bits per heavy atom. The molecule has 142 valence electrons. The molecule has 1 aliphatic heterocycles. The molecular formula is C20H17N3O5. The number of nitrogens with one attached hydrogen (secondary N) is 1. The van der Waals surface area contributed by atoms with Crippen LogP contribution in [-0.4, -0.2) is 37.0 Å². The number of hydrogen-bond acceptors (Lipinski definition) is 6. The van der Waals surface area contributed by atoms with Crippen LogP contribution >= 0.6 is 0 Å². The number of methoxy groups -OCH3 is 2. The van der Waals surface area contributed by atoms with Gasteiger partial charge in [-0.2, -0.15) is 0 Å². The van der Waals surface area contributed by atoms with Gasteiger partial charge in [0.2, 0.25) is 5.91 Å². The van der Waals surface area contributed by atoms with E-state index in [-0.39, 0.29) is 5.69 Å². The van der Waals surface area contributed by atoms with E-state index in [0.29, 0.717) is 22.5 Å². The Morgan fingerprint density at radius 1 is 1.18 bits per heavy atom. The minimum Gasteiger partial charge on any atom is -0.468 e. The van der Waals surface area contributed by atoms with Gasteiger partial charge in [0.1, 0.15) is 5.41 Å². The number of esters is 2. The Labute approximate surface area is 161 Å². The number of anilines is 1. The molecule has 28 heavy (non-hydrogen) atoms. The number of benzene rings is 1. The van der Waals surface area contributed by atoms with Gasteiger partial charge in [0.15, 0.2) is 11.6 Å². The molecule has 1 aromatic heterocycles. The SMILES string of the molecule is [C-]#[N+]c1ccc2c(c1)C(c1cccnc1C)(C(C(=O)OC)C(=O)OC)C(=O)N2. The van der Waals surface area contributed by atoms with Crippen molar-refractivity contribution < 1.29 is 23.9 Å². The first-order valence-corrected chi connectivity index (χ1v) is 8.33. The molecule has 0 saturated heterocycles. The van der Waals surface area contributed by atoms with Crippen LogP contribution in [0.25, 0.3) is 4.85 Å². The molecule has 2 aromatic rings. The smallest absolute Gasteiger partial charge is 0.321 e. The van der Waals surface area contributed by atoms with Gasteiger partial charge in [-0.05, 0) is 36.2 Å². The third-order valence-corrected chi connectivity index (χ3v) is 4.90. The van der Waals surface area contributed by atoms with Crippen LogP contribution in [0.15, 0.2) is 36.5 Å². The number of ether oxygens (including phenoxy) is 2. The van der Waals surface area contributed by atoms with Crippen molar-refractivity contribution in [3.63, 3.8) is 0 Å². The standard InChI is InChI=1S/C20H17N3O5/c1-11-13(6-5-9-22-11)20(16(17(24)27-3)18(25)28-4)14-10-12(21-2)7-8-15(14)23-19(20)26/h5-10,16H,1,3-4H3,(H,23,26). The van der Waals surface area contributed by atoms with Gasteiger partial charge < -0.3 is 14.8 Å². The van der Waals surface area contributed by atoms with E-state index in [1.54, 1.807) is 37.4 Å². The quantitative estimate of drug-likeness (QED) is 0.496. The maximum atomic E-state index is 13.4. The molecule has 3 rings (SSSR count). The van der Waals surface area contributed by atoms with Gasteiger partial charge in [-0.3, -0.25) is 19.4 Å². The van der Waals surface area contributed by atoms with E-state index in [1.807, 2.05) is 0 Å². The first-order valence-electron chi connectivity index (χ1n) is 8.33. The molecule has 1 unspecified atom stereocenters. The third-order valence-electron chi connectivity index (χ3n) is 4.90. The van der Waals surface area contributed by atoms with Crippen LogP contribution in [0.1, 0.15) is 16.8 Å².